The van der Waals surface area contributed by atoms with Crippen LogP contribution in [0.2, 0.25) is 0 Å². The predicted octanol–water partition coefficient (Wildman–Crippen LogP) is 3.64. The molecule has 0 amide bonds. The van der Waals surface area contributed by atoms with E-state index < -0.39 is 28.4 Å². The third-order valence-corrected chi connectivity index (χ3v) is 5.39. The Hall–Kier alpha value is -3.55. The highest BCUT2D eigenvalue weighted by Crippen LogP contribution is 2.44. The van der Waals surface area contributed by atoms with E-state index in [1.54, 1.807) is 4.57 Å². The van der Waals surface area contributed by atoms with E-state index in [4.69, 9.17) is 10.5 Å². The van der Waals surface area contributed by atoms with E-state index in [9.17, 15) is 14.7 Å². The lowest BCUT2D eigenvalue weighted by molar-refractivity contribution is 0.0685. The fourth-order valence-electron chi connectivity index (χ4n) is 4.02. The van der Waals surface area contributed by atoms with Crippen molar-refractivity contribution in [3.8, 4) is 5.75 Å². The number of carboxylic acids is 1. The van der Waals surface area contributed by atoms with Crippen LogP contribution in [0.5, 0.6) is 5.75 Å². The van der Waals surface area contributed by atoms with Crippen molar-refractivity contribution in [1.29, 1.82) is 0 Å². The largest absolute Gasteiger partial charge is 0.481 e. The molecule has 0 unspecified atom stereocenters. The number of carboxylic acid groups (broad SMARTS) is 1. The molecule has 3 aromatic rings. The number of hydrogen-bond acceptors (Lipinski definition) is 5. The topological polar surface area (TPSA) is 107 Å². The Balaban J connectivity index is 1.78. The number of benzene rings is 2. The summed E-state index contributed by atoms with van der Waals surface area (Å²) < 4.78 is 23.0. The maximum absolute atomic E-state index is 15.3. The van der Waals surface area contributed by atoms with Gasteiger partial charge in [0.2, 0.25) is 5.43 Å². The van der Waals surface area contributed by atoms with E-state index in [1.165, 1.54) is 11.8 Å². The number of aromatic nitrogens is 1. The number of anilines is 2. The summed E-state index contributed by atoms with van der Waals surface area (Å²) in [7, 11) is 0. The summed E-state index contributed by atoms with van der Waals surface area (Å²) in [5.41, 5.74) is 5.16. The Morgan fingerprint density at radius 2 is 2.03 bits per heavy atom. The highest BCUT2D eigenvalue weighted by molar-refractivity contribution is 6.03. The Kier molecular flexibility index (Phi) is 5.08. The average Bonchev–Trinajstić information content (AvgIpc) is 2.71. The number of nitrogens with one attached hydrogen (secondary N) is 1. The van der Waals surface area contributed by atoms with Crippen LogP contribution in [0.1, 0.15) is 36.2 Å². The predicted molar refractivity (Wildman–Crippen MR) is 117 cm³/mol. The van der Waals surface area contributed by atoms with Gasteiger partial charge in [-0.05, 0) is 32.3 Å². The molecular formula is C23H24FN3O4. The molecule has 0 spiro atoms. The van der Waals surface area contributed by atoms with Crippen molar-refractivity contribution in [2.75, 3.05) is 17.6 Å². The van der Waals surface area contributed by atoms with Crippen molar-refractivity contribution in [2.24, 2.45) is 0 Å². The number of nitrogens with two attached hydrogens (primary N) is 1. The van der Waals surface area contributed by atoms with Gasteiger partial charge in [0.15, 0.2) is 11.6 Å². The average molecular weight is 425 g/mol. The van der Waals surface area contributed by atoms with Gasteiger partial charge in [-0.15, -0.1) is 0 Å². The van der Waals surface area contributed by atoms with Gasteiger partial charge < -0.3 is 25.5 Å². The standard InChI is InChI=1S/C23H24FN3O4/c1-23(2)12-27-11-14(22(29)30)20(28)15-17(25)16(24)18(21(31-23)19(15)27)26-10-6-9-13-7-4-3-5-8-13/h3-5,7-8,11,26H,6,9-10,12,25H2,1-2H3,(H,29,30). The number of hydrogen-bond donors (Lipinski definition) is 3. The number of halogens is 1. The van der Waals surface area contributed by atoms with Crippen LogP contribution in [0.15, 0.2) is 41.3 Å². The highest BCUT2D eigenvalue weighted by Gasteiger charge is 2.34. The second-order valence-corrected chi connectivity index (χ2v) is 8.34. The molecule has 0 saturated carbocycles. The second kappa shape index (κ2) is 7.61. The van der Waals surface area contributed by atoms with E-state index >= 15 is 4.39 Å². The zero-order valence-corrected chi connectivity index (χ0v) is 17.4. The van der Waals surface area contributed by atoms with Crippen molar-refractivity contribution in [3.05, 3.63) is 63.7 Å². The van der Waals surface area contributed by atoms with Crippen molar-refractivity contribution >= 4 is 28.2 Å². The highest BCUT2D eigenvalue weighted by atomic mass is 19.1. The van der Waals surface area contributed by atoms with Crippen LogP contribution in [-0.2, 0) is 13.0 Å². The molecule has 2 heterocycles. The van der Waals surface area contributed by atoms with Crippen molar-refractivity contribution in [1.82, 2.24) is 4.57 Å². The van der Waals surface area contributed by atoms with E-state index in [-0.39, 0.29) is 29.1 Å². The molecule has 0 atom stereocenters. The number of aromatic carboxylic acids is 1. The van der Waals surface area contributed by atoms with Gasteiger partial charge in [0.25, 0.3) is 0 Å². The lowest BCUT2D eigenvalue weighted by Gasteiger charge is -2.35. The molecule has 162 valence electrons. The number of ether oxygens (including phenoxy) is 1. The molecule has 0 bridgehead atoms. The quantitative estimate of drug-likeness (QED) is 0.411. The van der Waals surface area contributed by atoms with Crippen LogP contribution in [0.4, 0.5) is 15.8 Å². The first-order valence-electron chi connectivity index (χ1n) is 10.1. The van der Waals surface area contributed by atoms with E-state index in [0.717, 1.165) is 12.8 Å². The molecule has 4 rings (SSSR count). The smallest absolute Gasteiger partial charge is 0.341 e. The summed E-state index contributed by atoms with van der Waals surface area (Å²) in [6.07, 6.45) is 2.83. The molecule has 1 aliphatic heterocycles. The van der Waals surface area contributed by atoms with Crippen LogP contribution in [0.25, 0.3) is 10.9 Å². The SMILES string of the molecule is CC1(C)Cn2cc(C(=O)O)c(=O)c3c(N)c(F)c(NCCCc4ccccc4)c(c32)O1. The minimum Gasteiger partial charge on any atom is -0.481 e. The normalized spacial score (nSPS) is 14.3. The number of nitrogens with zero attached hydrogens (tertiary/aromatic N) is 1. The maximum Gasteiger partial charge on any atom is 0.341 e. The molecule has 0 radical (unpaired) electrons. The first-order valence-corrected chi connectivity index (χ1v) is 10.1. The lowest BCUT2D eigenvalue weighted by Crippen LogP contribution is -2.39. The van der Waals surface area contributed by atoms with Crippen molar-refractivity contribution in [3.63, 3.8) is 0 Å². The third kappa shape index (κ3) is 3.69. The fraction of sp³-hybridized carbons (Fsp3) is 0.304. The molecule has 4 N–H and O–H groups in total. The van der Waals surface area contributed by atoms with Gasteiger partial charge in [-0.1, -0.05) is 30.3 Å². The minimum absolute atomic E-state index is 0.0852. The van der Waals surface area contributed by atoms with Crippen LogP contribution in [-0.4, -0.2) is 27.8 Å². The van der Waals surface area contributed by atoms with Crippen molar-refractivity contribution in [2.45, 2.75) is 38.8 Å². The third-order valence-electron chi connectivity index (χ3n) is 5.39. The van der Waals surface area contributed by atoms with Gasteiger partial charge in [-0.2, -0.15) is 0 Å². The molecule has 0 aliphatic carbocycles. The lowest BCUT2D eigenvalue weighted by atomic mass is 10.0. The molecule has 2 aromatic carbocycles. The fourth-order valence-corrected chi connectivity index (χ4v) is 4.02. The van der Waals surface area contributed by atoms with Gasteiger partial charge in [-0.3, -0.25) is 4.79 Å². The van der Waals surface area contributed by atoms with E-state index in [1.807, 2.05) is 44.2 Å². The summed E-state index contributed by atoms with van der Waals surface area (Å²) in [5.74, 6) is -2.03. The van der Waals surface area contributed by atoms with Crippen LogP contribution >= 0.6 is 0 Å². The molecule has 0 saturated heterocycles. The van der Waals surface area contributed by atoms with Gasteiger partial charge in [0, 0.05) is 12.7 Å². The van der Waals surface area contributed by atoms with Crippen LogP contribution in [0.3, 0.4) is 0 Å². The molecule has 0 fully saturated rings. The summed E-state index contributed by atoms with van der Waals surface area (Å²) in [6.45, 7) is 4.38. The summed E-state index contributed by atoms with van der Waals surface area (Å²) in [5, 5.41) is 12.3. The second-order valence-electron chi connectivity index (χ2n) is 8.34. The molecule has 7 nitrogen and oxygen atoms in total. The Bertz CT molecular complexity index is 1240. The number of rotatable bonds is 6. The van der Waals surface area contributed by atoms with Crippen molar-refractivity contribution < 1.29 is 19.0 Å². The molecule has 31 heavy (non-hydrogen) atoms. The van der Waals surface area contributed by atoms with E-state index in [2.05, 4.69) is 5.32 Å². The van der Waals surface area contributed by atoms with Crippen LogP contribution < -0.4 is 21.2 Å². The first-order chi connectivity index (χ1) is 14.7. The monoisotopic (exact) mass is 425 g/mol. The van der Waals surface area contributed by atoms with Crippen LogP contribution in [0, 0.1) is 5.82 Å². The van der Waals surface area contributed by atoms with E-state index in [0.29, 0.717) is 12.1 Å². The number of aryl methyl sites for hydroxylation is 1. The Morgan fingerprint density at radius 3 is 2.71 bits per heavy atom. The minimum atomic E-state index is -1.38. The molecular weight excluding hydrogens is 401 g/mol. The molecule has 1 aromatic heterocycles. The first kappa shape index (κ1) is 20.7. The zero-order chi connectivity index (χ0) is 22.3. The number of pyridine rings is 1. The van der Waals surface area contributed by atoms with Gasteiger partial charge >= 0.3 is 5.97 Å². The molecule has 8 heteroatoms. The Morgan fingerprint density at radius 1 is 1.32 bits per heavy atom. The number of carbonyl (C=O) groups is 1. The summed E-state index contributed by atoms with van der Waals surface area (Å²) in [4.78, 5) is 24.3. The number of nitrogen functional groups attached to an aromatic ring is 1. The summed E-state index contributed by atoms with van der Waals surface area (Å²) >= 11 is 0. The zero-order valence-electron chi connectivity index (χ0n) is 17.4. The maximum atomic E-state index is 15.3. The Labute approximate surface area is 178 Å². The summed E-state index contributed by atoms with van der Waals surface area (Å²) in [6, 6.07) is 9.95. The van der Waals surface area contributed by atoms with Gasteiger partial charge in [0.05, 0.1) is 23.1 Å². The van der Waals surface area contributed by atoms with Gasteiger partial charge in [0.1, 0.15) is 16.9 Å². The van der Waals surface area contributed by atoms with Gasteiger partial charge in [-0.25, -0.2) is 9.18 Å². The molecule has 1 aliphatic rings.